The second-order valence-electron chi connectivity index (χ2n) is 8.45. The van der Waals surface area contributed by atoms with Gasteiger partial charge < -0.3 is 9.47 Å². The molecule has 142 valence electrons. The van der Waals surface area contributed by atoms with Crippen LogP contribution in [0.5, 0.6) is 5.75 Å². The molecule has 0 saturated heterocycles. The monoisotopic (exact) mass is 354 g/mol. The zero-order valence-electron chi connectivity index (χ0n) is 17.2. The summed E-state index contributed by atoms with van der Waals surface area (Å²) in [5.74, 6) is 1.98. The van der Waals surface area contributed by atoms with Crippen LogP contribution in [0.4, 0.5) is 0 Å². The highest BCUT2D eigenvalue weighted by atomic mass is 16.7. The normalized spacial score (nSPS) is 14.3. The van der Waals surface area contributed by atoms with Crippen LogP contribution in [0.25, 0.3) is 0 Å². The average Bonchev–Trinajstić information content (AvgIpc) is 2.56. The fourth-order valence-electron chi connectivity index (χ4n) is 3.85. The SMILES string of the molecule is CC(OCCc1ccccc1)Oc1ccc(C(C(C)C)C(C)(C)C)cc1. The molecule has 2 rings (SSSR count). The maximum Gasteiger partial charge on any atom is 0.196 e. The first-order valence-corrected chi connectivity index (χ1v) is 9.69. The smallest absolute Gasteiger partial charge is 0.196 e. The van der Waals surface area contributed by atoms with Crippen LogP contribution in [0.1, 0.15) is 58.6 Å². The van der Waals surface area contributed by atoms with Crippen LogP contribution in [-0.4, -0.2) is 12.9 Å². The average molecular weight is 355 g/mol. The third-order valence-corrected chi connectivity index (χ3v) is 4.73. The predicted molar refractivity (Wildman–Crippen MR) is 110 cm³/mol. The van der Waals surface area contributed by atoms with Crippen molar-refractivity contribution in [3.63, 3.8) is 0 Å². The molecular weight excluding hydrogens is 320 g/mol. The van der Waals surface area contributed by atoms with E-state index in [9.17, 15) is 0 Å². The zero-order valence-corrected chi connectivity index (χ0v) is 17.2. The first kappa shape index (κ1) is 20.5. The van der Waals surface area contributed by atoms with E-state index in [2.05, 4.69) is 83.1 Å². The van der Waals surface area contributed by atoms with E-state index in [1.54, 1.807) is 0 Å². The fourth-order valence-corrected chi connectivity index (χ4v) is 3.85. The molecule has 2 aromatic carbocycles. The molecule has 0 fully saturated rings. The molecule has 0 N–H and O–H groups in total. The van der Waals surface area contributed by atoms with E-state index in [0.29, 0.717) is 18.4 Å². The Morgan fingerprint density at radius 3 is 2.00 bits per heavy atom. The third-order valence-electron chi connectivity index (χ3n) is 4.73. The molecule has 2 aromatic rings. The minimum Gasteiger partial charge on any atom is -0.465 e. The lowest BCUT2D eigenvalue weighted by molar-refractivity contribution is -0.0654. The van der Waals surface area contributed by atoms with Crippen LogP contribution in [0.2, 0.25) is 0 Å². The maximum atomic E-state index is 5.91. The van der Waals surface area contributed by atoms with Gasteiger partial charge in [-0.25, -0.2) is 0 Å². The van der Waals surface area contributed by atoms with E-state index in [1.165, 1.54) is 11.1 Å². The van der Waals surface area contributed by atoms with Gasteiger partial charge in [0.05, 0.1) is 6.61 Å². The van der Waals surface area contributed by atoms with Gasteiger partial charge >= 0.3 is 0 Å². The van der Waals surface area contributed by atoms with E-state index < -0.39 is 0 Å². The second-order valence-corrected chi connectivity index (χ2v) is 8.45. The van der Waals surface area contributed by atoms with Gasteiger partial charge in [0.15, 0.2) is 6.29 Å². The summed E-state index contributed by atoms with van der Waals surface area (Å²) in [5.41, 5.74) is 2.90. The summed E-state index contributed by atoms with van der Waals surface area (Å²) < 4.78 is 11.7. The van der Waals surface area contributed by atoms with Gasteiger partial charge in [-0.15, -0.1) is 0 Å². The first-order valence-electron chi connectivity index (χ1n) is 9.69. The molecule has 0 aliphatic heterocycles. The quantitative estimate of drug-likeness (QED) is 0.507. The molecule has 0 aliphatic carbocycles. The van der Waals surface area contributed by atoms with Crippen LogP contribution in [0.3, 0.4) is 0 Å². The Morgan fingerprint density at radius 1 is 0.846 bits per heavy atom. The number of hydrogen-bond donors (Lipinski definition) is 0. The summed E-state index contributed by atoms with van der Waals surface area (Å²) in [6, 6.07) is 18.9. The third kappa shape index (κ3) is 6.17. The van der Waals surface area contributed by atoms with Crippen molar-refractivity contribution < 1.29 is 9.47 Å². The molecule has 26 heavy (non-hydrogen) atoms. The molecule has 2 unspecified atom stereocenters. The van der Waals surface area contributed by atoms with E-state index in [1.807, 2.05) is 13.0 Å². The minimum absolute atomic E-state index is 0.240. The lowest BCUT2D eigenvalue weighted by Crippen LogP contribution is -2.23. The van der Waals surface area contributed by atoms with Crippen molar-refractivity contribution >= 4 is 0 Å². The molecule has 0 amide bonds. The Bertz CT molecular complexity index is 638. The summed E-state index contributed by atoms with van der Waals surface area (Å²) in [6.45, 7) is 14.1. The van der Waals surface area contributed by atoms with Crippen LogP contribution in [0, 0.1) is 11.3 Å². The van der Waals surface area contributed by atoms with Gasteiger partial charge in [0.2, 0.25) is 0 Å². The summed E-state index contributed by atoms with van der Waals surface area (Å²) in [4.78, 5) is 0. The Morgan fingerprint density at radius 2 is 1.46 bits per heavy atom. The van der Waals surface area contributed by atoms with E-state index in [0.717, 1.165) is 12.2 Å². The largest absolute Gasteiger partial charge is 0.465 e. The lowest BCUT2D eigenvalue weighted by Gasteiger charge is -2.34. The van der Waals surface area contributed by atoms with E-state index in [4.69, 9.17) is 9.47 Å². The molecule has 0 aliphatic rings. The maximum absolute atomic E-state index is 5.91. The van der Waals surface area contributed by atoms with Gasteiger partial charge in [-0.05, 0) is 53.9 Å². The van der Waals surface area contributed by atoms with Gasteiger partial charge in [0.1, 0.15) is 5.75 Å². The highest BCUT2D eigenvalue weighted by Crippen LogP contribution is 2.40. The summed E-state index contributed by atoms with van der Waals surface area (Å²) in [6.07, 6.45) is 0.642. The number of benzene rings is 2. The summed E-state index contributed by atoms with van der Waals surface area (Å²) in [5, 5.41) is 0. The van der Waals surface area contributed by atoms with Crippen molar-refractivity contribution in [3.8, 4) is 5.75 Å². The molecule has 2 atom stereocenters. The van der Waals surface area contributed by atoms with Gasteiger partial charge in [-0.2, -0.15) is 0 Å². The Labute approximate surface area is 159 Å². The Balaban J connectivity index is 1.88. The highest BCUT2D eigenvalue weighted by molar-refractivity contribution is 5.30. The van der Waals surface area contributed by atoms with Crippen LogP contribution in [0.15, 0.2) is 54.6 Å². The Kier molecular flexibility index (Phi) is 7.28. The summed E-state index contributed by atoms with van der Waals surface area (Å²) in [7, 11) is 0. The second kappa shape index (κ2) is 9.23. The lowest BCUT2D eigenvalue weighted by atomic mass is 9.70. The minimum atomic E-state index is -0.256. The van der Waals surface area contributed by atoms with E-state index in [-0.39, 0.29) is 11.7 Å². The molecule has 0 bridgehead atoms. The number of ether oxygens (including phenoxy) is 2. The van der Waals surface area contributed by atoms with Gasteiger partial charge in [0.25, 0.3) is 0 Å². The van der Waals surface area contributed by atoms with Crippen molar-refractivity contribution in [1.82, 2.24) is 0 Å². The van der Waals surface area contributed by atoms with Crippen molar-refractivity contribution in [1.29, 1.82) is 0 Å². The molecule has 2 nitrogen and oxygen atoms in total. The first-order chi connectivity index (χ1) is 12.3. The van der Waals surface area contributed by atoms with Crippen molar-refractivity contribution in [3.05, 3.63) is 65.7 Å². The van der Waals surface area contributed by atoms with E-state index >= 15 is 0 Å². The van der Waals surface area contributed by atoms with Crippen molar-refractivity contribution in [2.75, 3.05) is 6.61 Å². The standard InChI is InChI=1S/C24H34O2/c1-18(2)23(24(4,5)6)21-12-14-22(15-13-21)26-19(3)25-17-16-20-10-8-7-9-11-20/h7-15,18-19,23H,16-17H2,1-6H3. The van der Waals surface area contributed by atoms with Gasteiger partial charge in [-0.1, -0.05) is 77.1 Å². The zero-order chi connectivity index (χ0) is 19.2. The molecule has 0 aromatic heterocycles. The van der Waals surface area contributed by atoms with Gasteiger partial charge in [0, 0.05) is 0 Å². The number of hydrogen-bond acceptors (Lipinski definition) is 2. The Hall–Kier alpha value is -1.80. The highest BCUT2D eigenvalue weighted by Gasteiger charge is 2.28. The molecule has 0 radical (unpaired) electrons. The van der Waals surface area contributed by atoms with Crippen LogP contribution >= 0.6 is 0 Å². The van der Waals surface area contributed by atoms with Crippen LogP contribution < -0.4 is 4.74 Å². The molecular formula is C24H34O2. The molecule has 2 heteroatoms. The topological polar surface area (TPSA) is 18.5 Å². The number of rotatable bonds is 8. The predicted octanol–water partition coefficient (Wildman–Crippen LogP) is 6.46. The molecule has 0 saturated carbocycles. The van der Waals surface area contributed by atoms with Crippen LogP contribution in [-0.2, 0) is 11.2 Å². The van der Waals surface area contributed by atoms with Crippen molar-refractivity contribution in [2.24, 2.45) is 11.3 Å². The summed E-state index contributed by atoms with van der Waals surface area (Å²) >= 11 is 0. The fraction of sp³-hybridized carbons (Fsp3) is 0.500. The van der Waals surface area contributed by atoms with Crippen molar-refractivity contribution in [2.45, 2.75) is 60.2 Å². The van der Waals surface area contributed by atoms with Gasteiger partial charge in [-0.3, -0.25) is 0 Å². The molecule has 0 spiro atoms. The molecule has 0 heterocycles.